The van der Waals surface area contributed by atoms with Crippen molar-refractivity contribution in [3.05, 3.63) is 0 Å². The van der Waals surface area contributed by atoms with Gasteiger partial charge in [0.05, 0.1) is 6.54 Å². The van der Waals surface area contributed by atoms with Gasteiger partial charge in [0.25, 0.3) is 0 Å². The molecule has 3 N–H and O–H groups in total. The summed E-state index contributed by atoms with van der Waals surface area (Å²) in [6.45, 7) is 3.06. The van der Waals surface area contributed by atoms with Crippen molar-refractivity contribution in [2.75, 3.05) is 31.2 Å². The molecular formula is C13H23N5OS2. The molecule has 1 aromatic heterocycles. The fourth-order valence-electron chi connectivity index (χ4n) is 2.23. The number of rotatable bonds is 9. The molecule has 8 heteroatoms. The van der Waals surface area contributed by atoms with Crippen LogP contribution in [0.15, 0.2) is 5.16 Å². The maximum Gasteiger partial charge on any atom is 0.240 e. The Balaban J connectivity index is 1.79. The Morgan fingerprint density at radius 1 is 1.62 bits per heavy atom. The molecule has 21 heavy (non-hydrogen) atoms. The normalized spacial score (nSPS) is 16.2. The van der Waals surface area contributed by atoms with Crippen LogP contribution in [0.2, 0.25) is 0 Å². The summed E-state index contributed by atoms with van der Waals surface area (Å²) in [5, 5.41) is 4.13. The molecule has 0 spiro atoms. The van der Waals surface area contributed by atoms with E-state index in [1.54, 1.807) is 11.8 Å². The first-order valence-corrected chi connectivity index (χ1v) is 9.06. The number of hydrogen-bond acceptors (Lipinski definition) is 7. The highest BCUT2D eigenvalue weighted by molar-refractivity contribution is 7.99. The Morgan fingerprint density at radius 3 is 3.00 bits per heavy atom. The third-order valence-electron chi connectivity index (χ3n) is 3.46. The minimum atomic E-state index is -0.0557. The van der Waals surface area contributed by atoms with E-state index < -0.39 is 0 Å². The van der Waals surface area contributed by atoms with Gasteiger partial charge >= 0.3 is 0 Å². The molecule has 118 valence electrons. The molecule has 1 aliphatic carbocycles. The standard InChI is InChI=1S/C13H23N5OS2/c1-3-6-20-13-16-12(21-17-13)15-11(19)8-18(2)10(7-14)9-4-5-9/h9-10H,3-8,14H2,1-2H3,(H,15,16,17,19). The molecule has 0 bridgehead atoms. The quantitative estimate of drug-likeness (QED) is 0.670. The minimum absolute atomic E-state index is 0.0557. The lowest BCUT2D eigenvalue weighted by atomic mass is 10.1. The molecule has 2 rings (SSSR count). The zero-order chi connectivity index (χ0) is 15.2. The number of anilines is 1. The van der Waals surface area contributed by atoms with E-state index in [9.17, 15) is 4.79 Å². The monoisotopic (exact) mass is 329 g/mol. The van der Waals surface area contributed by atoms with Crippen molar-refractivity contribution in [2.24, 2.45) is 11.7 Å². The summed E-state index contributed by atoms with van der Waals surface area (Å²) >= 11 is 2.84. The van der Waals surface area contributed by atoms with E-state index in [-0.39, 0.29) is 5.91 Å². The average molecular weight is 329 g/mol. The minimum Gasteiger partial charge on any atom is -0.329 e. The van der Waals surface area contributed by atoms with Crippen LogP contribution in [0, 0.1) is 5.92 Å². The van der Waals surface area contributed by atoms with E-state index in [1.165, 1.54) is 24.4 Å². The Labute approximate surface area is 134 Å². The number of hydrogen-bond donors (Lipinski definition) is 2. The predicted octanol–water partition coefficient (Wildman–Crippen LogP) is 1.65. The van der Waals surface area contributed by atoms with Crippen molar-refractivity contribution in [3.63, 3.8) is 0 Å². The summed E-state index contributed by atoms with van der Waals surface area (Å²) in [5.74, 6) is 1.60. The van der Waals surface area contributed by atoms with Gasteiger partial charge in [0.15, 0.2) is 0 Å². The summed E-state index contributed by atoms with van der Waals surface area (Å²) in [5.41, 5.74) is 5.80. The first-order chi connectivity index (χ1) is 10.1. The van der Waals surface area contributed by atoms with Crippen molar-refractivity contribution in [3.8, 4) is 0 Å². The molecular weight excluding hydrogens is 306 g/mol. The predicted molar refractivity (Wildman–Crippen MR) is 87.8 cm³/mol. The summed E-state index contributed by atoms with van der Waals surface area (Å²) < 4.78 is 4.22. The summed E-state index contributed by atoms with van der Waals surface area (Å²) in [4.78, 5) is 18.4. The molecule has 0 aliphatic heterocycles. The number of amides is 1. The van der Waals surface area contributed by atoms with Gasteiger partial charge in [0.1, 0.15) is 0 Å². The fourth-order valence-corrected chi connectivity index (χ4v) is 3.64. The second kappa shape index (κ2) is 8.07. The van der Waals surface area contributed by atoms with Crippen LogP contribution in [-0.2, 0) is 4.79 Å². The van der Waals surface area contributed by atoms with Crippen LogP contribution in [0.1, 0.15) is 26.2 Å². The zero-order valence-electron chi connectivity index (χ0n) is 12.5. The average Bonchev–Trinajstić information content (AvgIpc) is 3.17. The number of nitrogens with zero attached hydrogens (tertiary/aromatic N) is 3. The molecule has 1 aromatic rings. The van der Waals surface area contributed by atoms with Gasteiger partial charge in [-0.25, -0.2) is 0 Å². The molecule has 1 saturated carbocycles. The Bertz CT molecular complexity index is 463. The van der Waals surface area contributed by atoms with Gasteiger partial charge < -0.3 is 5.73 Å². The van der Waals surface area contributed by atoms with E-state index in [0.717, 1.165) is 17.3 Å². The lowest BCUT2D eigenvalue weighted by Crippen LogP contribution is -2.43. The molecule has 0 aromatic carbocycles. The molecule has 1 fully saturated rings. The summed E-state index contributed by atoms with van der Waals surface area (Å²) in [6, 6.07) is 0.306. The molecule has 6 nitrogen and oxygen atoms in total. The smallest absolute Gasteiger partial charge is 0.240 e. The number of carbonyl (C=O) groups excluding carboxylic acids is 1. The topological polar surface area (TPSA) is 84.1 Å². The van der Waals surface area contributed by atoms with Crippen molar-refractivity contribution in [1.82, 2.24) is 14.3 Å². The van der Waals surface area contributed by atoms with Crippen molar-refractivity contribution in [1.29, 1.82) is 0 Å². The van der Waals surface area contributed by atoms with Crippen molar-refractivity contribution < 1.29 is 4.79 Å². The van der Waals surface area contributed by atoms with Gasteiger partial charge in [-0.1, -0.05) is 18.7 Å². The first kappa shape index (κ1) is 16.7. The molecule has 0 saturated heterocycles. The molecule has 1 atom stereocenters. The first-order valence-electron chi connectivity index (χ1n) is 7.30. The second-order valence-electron chi connectivity index (χ2n) is 5.33. The van der Waals surface area contributed by atoms with Crippen LogP contribution in [0.25, 0.3) is 0 Å². The lowest BCUT2D eigenvalue weighted by Gasteiger charge is -2.25. The number of thioether (sulfide) groups is 1. The van der Waals surface area contributed by atoms with E-state index >= 15 is 0 Å². The van der Waals surface area contributed by atoms with Gasteiger partial charge in [-0.3, -0.25) is 15.0 Å². The van der Waals surface area contributed by atoms with E-state index in [2.05, 4.69) is 21.6 Å². The number of nitrogens with two attached hydrogens (primary N) is 1. The molecule has 1 heterocycles. The Hall–Kier alpha value is -0.700. The molecule has 0 radical (unpaired) electrons. The highest BCUT2D eigenvalue weighted by Crippen LogP contribution is 2.34. The van der Waals surface area contributed by atoms with Crippen LogP contribution in [0.3, 0.4) is 0 Å². The maximum absolute atomic E-state index is 12.0. The van der Waals surface area contributed by atoms with Crippen molar-refractivity contribution >= 4 is 34.3 Å². The highest BCUT2D eigenvalue weighted by Gasteiger charge is 2.33. The van der Waals surface area contributed by atoms with E-state index in [4.69, 9.17) is 5.73 Å². The van der Waals surface area contributed by atoms with E-state index in [1.807, 2.05) is 11.9 Å². The van der Waals surface area contributed by atoms with Crippen LogP contribution >= 0.6 is 23.3 Å². The van der Waals surface area contributed by atoms with Crippen molar-refractivity contribution in [2.45, 2.75) is 37.4 Å². The third-order valence-corrected chi connectivity index (χ3v) is 5.26. The molecule has 1 unspecified atom stereocenters. The summed E-state index contributed by atoms with van der Waals surface area (Å²) in [7, 11) is 1.96. The van der Waals surface area contributed by atoms with Crippen LogP contribution in [-0.4, -0.2) is 52.1 Å². The lowest BCUT2D eigenvalue weighted by molar-refractivity contribution is -0.117. The number of carbonyl (C=O) groups is 1. The van der Waals surface area contributed by atoms with Crippen LogP contribution in [0.5, 0.6) is 0 Å². The van der Waals surface area contributed by atoms with Gasteiger partial charge in [-0.15, -0.1) is 0 Å². The Morgan fingerprint density at radius 2 is 2.38 bits per heavy atom. The van der Waals surface area contributed by atoms with Gasteiger partial charge in [-0.2, -0.15) is 9.36 Å². The van der Waals surface area contributed by atoms with Crippen LogP contribution < -0.4 is 11.1 Å². The molecule has 1 amide bonds. The second-order valence-corrected chi connectivity index (χ2v) is 7.15. The van der Waals surface area contributed by atoms with Crippen LogP contribution in [0.4, 0.5) is 5.13 Å². The fraction of sp³-hybridized carbons (Fsp3) is 0.769. The SMILES string of the molecule is CCCSc1nsc(NC(=O)CN(C)C(CN)C2CC2)n1. The maximum atomic E-state index is 12.0. The third kappa shape index (κ3) is 5.21. The Kier molecular flexibility index (Phi) is 6.40. The van der Waals surface area contributed by atoms with Gasteiger partial charge in [0, 0.05) is 29.9 Å². The number of nitrogens with one attached hydrogen (secondary N) is 1. The van der Waals surface area contributed by atoms with E-state index in [0.29, 0.717) is 30.2 Å². The number of likely N-dealkylation sites (N-methyl/N-ethyl adjacent to an activating group) is 1. The number of aromatic nitrogens is 2. The van der Waals surface area contributed by atoms with Gasteiger partial charge in [-0.05, 0) is 32.2 Å². The zero-order valence-corrected chi connectivity index (χ0v) is 14.2. The highest BCUT2D eigenvalue weighted by atomic mass is 32.2. The summed E-state index contributed by atoms with van der Waals surface area (Å²) in [6.07, 6.45) is 3.53. The largest absolute Gasteiger partial charge is 0.329 e. The molecule has 1 aliphatic rings. The van der Waals surface area contributed by atoms with Gasteiger partial charge in [0.2, 0.25) is 16.2 Å².